The molecular weight excluding hydrogens is 414 g/mol. The van der Waals surface area contributed by atoms with Crippen LogP contribution in [0, 0.1) is 13.8 Å². The van der Waals surface area contributed by atoms with E-state index in [2.05, 4.69) is 41.8 Å². The Labute approximate surface area is 193 Å². The fraction of sp³-hybridized carbons (Fsp3) is 0.259. The van der Waals surface area contributed by atoms with Gasteiger partial charge in [-0.05, 0) is 75.2 Å². The van der Waals surface area contributed by atoms with Gasteiger partial charge in [-0.25, -0.2) is 9.78 Å². The number of anilines is 2. The van der Waals surface area contributed by atoms with Crippen molar-refractivity contribution in [3.05, 3.63) is 71.3 Å². The van der Waals surface area contributed by atoms with Crippen LogP contribution in [0.2, 0.25) is 0 Å². The molecule has 0 aliphatic heterocycles. The summed E-state index contributed by atoms with van der Waals surface area (Å²) in [5.41, 5.74) is 6.88. The van der Waals surface area contributed by atoms with Crippen molar-refractivity contribution in [3.8, 4) is 5.75 Å². The summed E-state index contributed by atoms with van der Waals surface area (Å²) in [6.07, 6.45) is -0.415. The highest BCUT2D eigenvalue weighted by Gasteiger charge is 2.13. The lowest BCUT2D eigenvalue weighted by Gasteiger charge is -2.16. The van der Waals surface area contributed by atoms with Gasteiger partial charge in [0.05, 0.1) is 23.8 Å². The Morgan fingerprint density at radius 3 is 2.39 bits per heavy atom. The first-order chi connectivity index (χ1) is 15.8. The van der Waals surface area contributed by atoms with Crippen molar-refractivity contribution in [2.24, 2.45) is 0 Å². The van der Waals surface area contributed by atoms with Gasteiger partial charge in [0.15, 0.2) is 0 Å². The van der Waals surface area contributed by atoms with Crippen LogP contribution >= 0.6 is 0 Å². The predicted octanol–water partition coefficient (Wildman–Crippen LogP) is 6.39. The minimum Gasteiger partial charge on any atom is -0.496 e. The monoisotopic (exact) mass is 443 g/mol. The fourth-order valence-electron chi connectivity index (χ4n) is 3.80. The van der Waals surface area contributed by atoms with Gasteiger partial charge in [-0.2, -0.15) is 0 Å². The highest BCUT2D eigenvalue weighted by atomic mass is 16.5. The van der Waals surface area contributed by atoms with E-state index in [4.69, 9.17) is 14.5 Å². The van der Waals surface area contributed by atoms with E-state index in [1.807, 2.05) is 51.1 Å². The number of hydrogen-bond acceptors (Lipinski definition) is 5. The molecule has 0 spiro atoms. The second-order valence-electron chi connectivity index (χ2n) is 8.54. The summed E-state index contributed by atoms with van der Waals surface area (Å²) >= 11 is 0. The molecule has 1 heterocycles. The van der Waals surface area contributed by atoms with Gasteiger partial charge in [0.2, 0.25) is 0 Å². The SMILES string of the molecule is COc1cc2c(Nc3ccc(COC(=O)NC(C)C)cc3)c3cc(C)ccc3nc2cc1C. The van der Waals surface area contributed by atoms with Crippen LogP contribution in [0.15, 0.2) is 54.6 Å². The molecule has 4 aromatic rings. The molecule has 1 aromatic heterocycles. The number of fused-ring (bicyclic) bond motifs is 2. The molecule has 0 aliphatic carbocycles. The van der Waals surface area contributed by atoms with Crippen molar-refractivity contribution in [1.29, 1.82) is 0 Å². The number of alkyl carbamates (subject to hydrolysis) is 1. The first-order valence-electron chi connectivity index (χ1n) is 11.0. The summed E-state index contributed by atoms with van der Waals surface area (Å²) in [5, 5.41) is 8.35. The lowest BCUT2D eigenvalue weighted by molar-refractivity contribution is 0.137. The molecule has 0 atom stereocenters. The number of hydrogen-bond donors (Lipinski definition) is 2. The van der Waals surface area contributed by atoms with Crippen LogP contribution in [-0.4, -0.2) is 24.2 Å². The average Bonchev–Trinajstić information content (AvgIpc) is 2.78. The molecule has 0 radical (unpaired) electrons. The molecule has 1 amide bonds. The minimum atomic E-state index is -0.415. The number of nitrogens with zero attached hydrogens (tertiary/aromatic N) is 1. The van der Waals surface area contributed by atoms with E-state index in [-0.39, 0.29) is 12.6 Å². The Hall–Kier alpha value is -3.80. The highest BCUT2D eigenvalue weighted by molar-refractivity contribution is 6.09. The van der Waals surface area contributed by atoms with Crippen LogP contribution in [0.5, 0.6) is 5.75 Å². The van der Waals surface area contributed by atoms with Crippen molar-refractivity contribution in [2.75, 3.05) is 12.4 Å². The van der Waals surface area contributed by atoms with E-state index in [0.717, 1.165) is 55.6 Å². The predicted molar refractivity (Wildman–Crippen MR) is 133 cm³/mol. The molecule has 0 aliphatic rings. The van der Waals surface area contributed by atoms with E-state index in [9.17, 15) is 4.79 Å². The molecule has 0 unspecified atom stereocenters. The zero-order valence-corrected chi connectivity index (χ0v) is 19.7. The molecule has 6 nitrogen and oxygen atoms in total. The van der Waals surface area contributed by atoms with Gasteiger partial charge >= 0.3 is 6.09 Å². The number of pyridine rings is 1. The molecule has 3 aromatic carbocycles. The second-order valence-corrected chi connectivity index (χ2v) is 8.54. The van der Waals surface area contributed by atoms with Crippen LogP contribution in [0.1, 0.15) is 30.5 Å². The number of aryl methyl sites for hydroxylation is 2. The van der Waals surface area contributed by atoms with Crippen molar-refractivity contribution >= 4 is 39.3 Å². The molecule has 0 saturated heterocycles. The maximum atomic E-state index is 11.7. The Balaban J connectivity index is 1.68. The Morgan fingerprint density at radius 2 is 1.70 bits per heavy atom. The molecule has 0 bridgehead atoms. The normalized spacial score (nSPS) is 11.1. The van der Waals surface area contributed by atoms with E-state index >= 15 is 0 Å². The lowest BCUT2D eigenvalue weighted by atomic mass is 10.0. The van der Waals surface area contributed by atoms with Crippen LogP contribution in [-0.2, 0) is 11.3 Å². The van der Waals surface area contributed by atoms with Gasteiger partial charge in [0.1, 0.15) is 12.4 Å². The van der Waals surface area contributed by atoms with Crippen LogP contribution in [0.4, 0.5) is 16.2 Å². The second kappa shape index (κ2) is 9.36. The zero-order chi connectivity index (χ0) is 23.5. The fourth-order valence-corrected chi connectivity index (χ4v) is 3.80. The van der Waals surface area contributed by atoms with Crippen molar-refractivity contribution in [3.63, 3.8) is 0 Å². The Kier molecular flexibility index (Phi) is 6.36. The van der Waals surface area contributed by atoms with Crippen LogP contribution in [0.3, 0.4) is 0 Å². The molecule has 170 valence electrons. The summed E-state index contributed by atoms with van der Waals surface area (Å²) in [6.45, 7) is 8.11. The van der Waals surface area contributed by atoms with Crippen molar-refractivity contribution < 1.29 is 14.3 Å². The third-order valence-electron chi connectivity index (χ3n) is 5.44. The molecule has 0 saturated carbocycles. The highest BCUT2D eigenvalue weighted by Crippen LogP contribution is 2.36. The number of ether oxygens (including phenoxy) is 2. The van der Waals surface area contributed by atoms with Gasteiger partial charge in [-0.15, -0.1) is 0 Å². The number of benzene rings is 3. The third kappa shape index (κ3) is 5.00. The van der Waals surface area contributed by atoms with Crippen molar-refractivity contribution in [2.45, 2.75) is 40.3 Å². The number of methoxy groups -OCH3 is 1. The summed E-state index contributed by atoms with van der Waals surface area (Å²) in [4.78, 5) is 16.6. The van der Waals surface area contributed by atoms with Gasteiger partial charge in [0.25, 0.3) is 0 Å². The zero-order valence-electron chi connectivity index (χ0n) is 19.7. The molecule has 6 heteroatoms. The first kappa shape index (κ1) is 22.4. The molecule has 2 N–H and O–H groups in total. The minimum absolute atomic E-state index is 0.0418. The van der Waals surface area contributed by atoms with Gasteiger partial charge in [-0.3, -0.25) is 0 Å². The summed E-state index contributed by atoms with van der Waals surface area (Å²) in [5.74, 6) is 0.825. The Bertz CT molecular complexity index is 1310. The maximum absolute atomic E-state index is 11.7. The quantitative estimate of drug-likeness (QED) is 0.338. The van der Waals surface area contributed by atoms with E-state index in [1.54, 1.807) is 7.11 Å². The number of amides is 1. The molecule has 33 heavy (non-hydrogen) atoms. The van der Waals surface area contributed by atoms with Crippen molar-refractivity contribution in [1.82, 2.24) is 10.3 Å². The standard InChI is InChI=1S/C27H29N3O3/c1-16(2)28-27(31)33-15-19-7-9-20(10-8-19)29-26-21-12-17(3)6-11-23(21)30-24-13-18(4)25(32-5)14-22(24)26/h6-14,16H,15H2,1-5H3,(H,28,31)(H,29,30). The smallest absolute Gasteiger partial charge is 0.407 e. The maximum Gasteiger partial charge on any atom is 0.407 e. The lowest BCUT2D eigenvalue weighted by Crippen LogP contribution is -2.30. The molecule has 0 fully saturated rings. The number of aromatic nitrogens is 1. The summed E-state index contributed by atoms with van der Waals surface area (Å²) < 4.78 is 10.8. The first-order valence-corrected chi connectivity index (χ1v) is 11.0. The Morgan fingerprint density at radius 1 is 0.970 bits per heavy atom. The van der Waals surface area contributed by atoms with E-state index in [1.165, 1.54) is 0 Å². The van der Waals surface area contributed by atoms with Gasteiger partial charge in [0, 0.05) is 22.5 Å². The average molecular weight is 444 g/mol. The van der Waals surface area contributed by atoms with Gasteiger partial charge in [-0.1, -0.05) is 23.8 Å². The largest absolute Gasteiger partial charge is 0.496 e. The summed E-state index contributed by atoms with van der Waals surface area (Å²) in [7, 11) is 1.68. The number of nitrogens with one attached hydrogen (secondary N) is 2. The van der Waals surface area contributed by atoms with Gasteiger partial charge < -0.3 is 20.1 Å². The van der Waals surface area contributed by atoms with Crippen LogP contribution in [0.25, 0.3) is 21.8 Å². The number of carbonyl (C=O) groups is 1. The third-order valence-corrected chi connectivity index (χ3v) is 5.44. The van der Waals surface area contributed by atoms with E-state index in [0.29, 0.717) is 0 Å². The topological polar surface area (TPSA) is 72.5 Å². The van der Waals surface area contributed by atoms with E-state index < -0.39 is 6.09 Å². The van der Waals surface area contributed by atoms with Crippen LogP contribution < -0.4 is 15.4 Å². The molecular formula is C27H29N3O3. The summed E-state index contributed by atoms with van der Waals surface area (Å²) in [6, 6.07) is 18.3. The number of carbonyl (C=O) groups excluding carboxylic acids is 1. The molecule has 4 rings (SSSR count). The number of rotatable bonds is 6.